The summed E-state index contributed by atoms with van der Waals surface area (Å²) >= 11 is 0. The van der Waals surface area contributed by atoms with E-state index in [1.165, 1.54) is 35.3 Å². The van der Waals surface area contributed by atoms with E-state index in [4.69, 9.17) is 0 Å². The lowest BCUT2D eigenvalue weighted by Gasteiger charge is -2.21. The van der Waals surface area contributed by atoms with E-state index >= 15 is 0 Å². The van der Waals surface area contributed by atoms with Gasteiger partial charge in [0.05, 0.1) is 0 Å². The molecular weight excluding hydrogens is 244 g/mol. The maximum atomic E-state index is 3.55. The van der Waals surface area contributed by atoms with E-state index in [1.807, 2.05) is 0 Å². The highest BCUT2D eigenvalue weighted by Crippen LogP contribution is 2.26. The van der Waals surface area contributed by atoms with Gasteiger partial charge in [0.1, 0.15) is 0 Å². The predicted molar refractivity (Wildman–Crippen MR) is 85.5 cm³/mol. The summed E-state index contributed by atoms with van der Waals surface area (Å²) in [6.07, 6.45) is 2.68. The van der Waals surface area contributed by atoms with Crippen LogP contribution in [0.25, 0.3) is 0 Å². The Bertz CT molecular complexity index is 570. The summed E-state index contributed by atoms with van der Waals surface area (Å²) in [5.74, 6) is 0. The van der Waals surface area contributed by atoms with Crippen LogP contribution in [-0.2, 0) is 6.54 Å². The third-order valence-electron chi connectivity index (χ3n) is 3.97. The number of nitrogens with zero attached hydrogens (tertiary/aromatic N) is 1. The first-order valence-corrected chi connectivity index (χ1v) is 7.36. The standard InChI is InChI=1S/C18H22N2/c1-14-5-3-4-6-18(14)20(2)17-11-7-15(8-12-17)13-19-16-9-10-16/h3-8,11-12,16,19H,9-10,13H2,1-2H3. The van der Waals surface area contributed by atoms with Gasteiger partial charge < -0.3 is 10.2 Å². The molecular formula is C18H22N2. The van der Waals surface area contributed by atoms with E-state index in [2.05, 4.69) is 72.7 Å². The van der Waals surface area contributed by atoms with E-state index < -0.39 is 0 Å². The molecule has 0 unspecified atom stereocenters. The van der Waals surface area contributed by atoms with Crippen molar-refractivity contribution in [2.45, 2.75) is 32.4 Å². The van der Waals surface area contributed by atoms with Gasteiger partial charge in [0.25, 0.3) is 0 Å². The first-order chi connectivity index (χ1) is 9.74. The molecule has 1 fully saturated rings. The largest absolute Gasteiger partial charge is 0.344 e. The number of benzene rings is 2. The Labute approximate surface area is 121 Å². The fraction of sp³-hybridized carbons (Fsp3) is 0.333. The zero-order valence-corrected chi connectivity index (χ0v) is 12.3. The van der Waals surface area contributed by atoms with Crippen molar-refractivity contribution in [2.24, 2.45) is 0 Å². The van der Waals surface area contributed by atoms with Crippen molar-refractivity contribution in [3.05, 3.63) is 59.7 Å². The number of aryl methyl sites for hydroxylation is 1. The molecule has 2 heteroatoms. The van der Waals surface area contributed by atoms with Gasteiger partial charge in [-0.25, -0.2) is 0 Å². The summed E-state index contributed by atoms with van der Waals surface area (Å²) in [6, 6.07) is 18.1. The number of para-hydroxylation sites is 1. The van der Waals surface area contributed by atoms with Crippen LogP contribution in [0.15, 0.2) is 48.5 Å². The van der Waals surface area contributed by atoms with E-state index in [-0.39, 0.29) is 0 Å². The molecule has 1 aliphatic rings. The van der Waals surface area contributed by atoms with Crippen LogP contribution in [0.5, 0.6) is 0 Å². The molecule has 0 amide bonds. The molecule has 0 spiro atoms. The van der Waals surface area contributed by atoms with Crippen molar-refractivity contribution in [2.75, 3.05) is 11.9 Å². The molecule has 0 aliphatic heterocycles. The number of hydrogen-bond donors (Lipinski definition) is 1. The average Bonchev–Trinajstić information content (AvgIpc) is 3.30. The second-order valence-corrected chi connectivity index (χ2v) is 5.67. The lowest BCUT2D eigenvalue weighted by molar-refractivity contribution is 0.688. The van der Waals surface area contributed by atoms with Gasteiger partial charge in [-0.05, 0) is 49.1 Å². The quantitative estimate of drug-likeness (QED) is 0.879. The lowest BCUT2D eigenvalue weighted by atomic mass is 10.1. The van der Waals surface area contributed by atoms with E-state index in [1.54, 1.807) is 0 Å². The summed E-state index contributed by atoms with van der Waals surface area (Å²) in [5.41, 5.74) is 5.15. The van der Waals surface area contributed by atoms with Gasteiger partial charge in [-0.15, -0.1) is 0 Å². The SMILES string of the molecule is Cc1ccccc1N(C)c1ccc(CNC2CC2)cc1. The van der Waals surface area contributed by atoms with Crippen molar-refractivity contribution >= 4 is 11.4 Å². The molecule has 2 nitrogen and oxygen atoms in total. The summed E-state index contributed by atoms with van der Waals surface area (Å²) in [5, 5.41) is 3.55. The van der Waals surface area contributed by atoms with Crippen LogP contribution < -0.4 is 10.2 Å². The molecule has 20 heavy (non-hydrogen) atoms. The van der Waals surface area contributed by atoms with Crippen LogP contribution in [0.3, 0.4) is 0 Å². The molecule has 1 aliphatic carbocycles. The Morgan fingerprint density at radius 3 is 2.40 bits per heavy atom. The molecule has 3 rings (SSSR count). The molecule has 2 aromatic carbocycles. The van der Waals surface area contributed by atoms with Gasteiger partial charge in [0.2, 0.25) is 0 Å². The second-order valence-electron chi connectivity index (χ2n) is 5.67. The van der Waals surface area contributed by atoms with Gasteiger partial charge in [0.15, 0.2) is 0 Å². The monoisotopic (exact) mass is 266 g/mol. The van der Waals surface area contributed by atoms with Crippen LogP contribution >= 0.6 is 0 Å². The highest BCUT2D eigenvalue weighted by Gasteiger charge is 2.19. The molecule has 0 saturated heterocycles. The Balaban J connectivity index is 1.71. The minimum absolute atomic E-state index is 0.768. The molecule has 2 aromatic rings. The molecule has 104 valence electrons. The minimum atomic E-state index is 0.768. The van der Waals surface area contributed by atoms with Crippen LogP contribution in [0, 0.1) is 6.92 Å². The Hall–Kier alpha value is -1.80. The Morgan fingerprint density at radius 2 is 1.75 bits per heavy atom. The van der Waals surface area contributed by atoms with Gasteiger partial charge in [0, 0.05) is 31.0 Å². The van der Waals surface area contributed by atoms with Crippen LogP contribution in [0.1, 0.15) is 24.0 Å². The zero-order valence-electron chi connectivity index (χ0n) is 12.3. The van der Waals surface area contributed by atoms with Crippen molar-refractivity contribution in [1.29, 1.82) is 0 Å². The molecule has 0 radical (unpaired) electrons. The lowest BCUT2D eigenvalue weighted by Crippen LogP contribution is -2.15. The topological polar surface area (TPSA) is 15.3 Å². The van der Waals surface area contributed by atoms with Crippen LogP contribution in [0.4, 0.5) is 11.4 Å². The Morgan fingerprint density at radius 1 is 1.05 bits per heavy atom. The van der Waals surface area contributed by atoms with Gasteiger partial charge in [-0.3, -0.25) is 0 Å². The number of rotatable bonds is 5. The normalized spacial score (nSPS) is 14.3. The predicted octanol–water partition coefficient (Wildman–Crippen LogP) is 4.01. The number of nitrogens with one attached hydrogen (secondary N) is 1. The van der Waals surface area contributed by atoms with Gasteiger partial charge in [-0.2, -0.15) is 0 Å². The molecule has 1 saturated carbocycles. The first-order valence-electron chi connectivity index (χ1n) is 7.36. The summed E-state index contributed by atoms with van der Waals surface area (Å²) in [6.45, 7) is 3.14. The van der Waals surface area contributed by atoms with Crippen molar-refractivity contribution in [3.63, 3.8) is 0 Å². The molecule has 0 heterocycles. The number of hydrogen-bond acceptors (Lipinski definition) is 2. The fourth-order valence-corrected chi connectivity index (χ4v) is 2.47. The third kappa shape index (κ3) is 3.02. The smallest absolute Gasteiger partial charge is 0.0437 e. The Kier molecular flexibility index (Phi) is 3.75. The molecule has 0 bridgehead atoms. The minimum Gasteiger partial charge on any atom is -0.344 e. The van der Waals surface area contributed by atoms with Crippen LogP contribution in [-0.4, -0.2) is 13.1 Å². The van der Waals surface area contributed by atoms with Crippen molar-refractivity contribution < 1.29 is 0 Å². The summed E-state index contributed by atoms with van der Waals surface area (Å²) in [7, 11) is 2.12. The molecule has 0 atom stereocenters. The zero-order chi connectivity index (χ0) is 13.9. The second kappa shape index (κ2) is 5.68. The van der Waals surface area contributed by atoms with E-state index in [0.29, 0.717) is 0 Å². The highest BCUT2D eigenvalue weighted by molar-refractivity contribution is 5.65. The maximum absolute atomic E-state index is 3.55. The first kappa shape index (κ1) is 13.2. The van der Waals surface area contributed by atoms with E-state index in [0.717, 1.165) is 12.6 Å². The van der Waals surface area contributed by atoms with Crippen molar-refractivity contribution in [3.8, 4) is 0 Å². The van der Waals surface area contributed by atoms with E-state index in [9.17, 15) is 0 Å². The van der Waals surface area contributed by atoms with Crippen LogP contribution in [0.2, 0.25) is 0 Å². The average molecular weight is 266 g/mol. The van der Waals surface area contributed by atoms with Gasteiger partial charge in [-0.1, -0.05) is 30.3 Å². The summed E-state index contributed by atoms with van der Waals surface area (Å²) < 4.78 is 0. The molecule has 1 N–H and O–H groups in total. The summed E-state index contributed by atoms with van der Waals surface area (Å²) in [4.78, 5) is 2.24. The van der Waals surface area contributed by atoms with Gasteiger partial charge >= 0.3 is 0 Å². The third-order valence-corrected chi connectivity index (χ3v) is 3.97. The number of anilines is 2. The molecule has 0 aromatic heterocycles. The fourth-order valence-electron chi connectivity index (χ4n) is 2.47. The highest BCUT2D eigenvalue weighted by atomic mass is 15.1. The van der Waals surface area contributed by atoms with Crippen molar-refractivity contribution in [1.82, 2.24) is 5.32 Å². The maximum Gasteiger partial charge on any atom is 0.0437 e.